The lowest BCUT2D eigenvalue weighted by molar-refractivity contribution is -0.120. The molecular formula is C10H13NO4. The molecule has 0 aliphatic heterocycles. The third-order valence-electron chi connectivity index (χ3n) is 2.00. The van der Waals surface area contributed by atoms with Crippen molar-refractivity contribution >= 4 is 5.78 Å². The van der Waals surface area contributed by atoms with Gasteiger partial charge in [0.05, 0.1) is 7.41 Å². The molecule has 5 N–H and O–H groups in total. The van der Waals surface area contributed by atoms with E-state index in [0.29, 0.717) is 0 Å². The van der Waals surface area contributed by atoms with Gasteiger partial charge in [-0.3, -0.25) is 4.79 Å². The number of hydrogen-bond acceptors (Lipinski definition) is 5. The minimum Gasteiger partial charge on any atom is -0.504 e. The molecule has 0 saturated heterocycles. The standard InChI is InChI=1S/C10H13NO4/c1-5(12)9(11)10(15)6-2-3-7(13)8(14)4-6/h2-4,9-10,13-15H,11H2,1H3/t9-,10+/m1/s1/i10D. The van der Waals surface area contributed by atoms with E-state index in [-0.39, 0.29) is 11.3 Å². The van der Waals surface area contributed by atoms with Crippen molar-refractivity contribution < 1.29 is 21.5 Å². The van der Waals surface area contributed by atoms with E-state index in [4.69, 9.17) is 12.2 Å². The van der Waals surface area contributed by atoms with Crippen molar-refractivity contribution in [2.24, 2.45) is 5.73 Å². The van der Waals surface area contributed by atoms with Gasteiger partial charge in [0.1, 0.15) is 11.9 Å². The fraction of sp³-hybridized carbons (Fsp3) is 0.300. The highest BCUT2D eigenvalue weighted by Gasteiger charge is 2.21. The number of carbonyl (C=O) groups is 1. The van der Waals surface area contributed by atoms with Crippen molar-refractivity contribution in [3.63, 3.8) is 0 Å². The molecule has 5 nitrogen and oxygen atoms in total. The molecule has 2 atom stereocenters. The summed E-state index contributed by atoms with van der Waals surface area (Å²) in [6.07, 6.45) is -2.34. The maximum Gasteiger partial charge on any atom is 0.157 e. The van der Waals surface area contributed by atoms with Crippen LogP contribution in [-0.2, 0) is 4.79 Å². The molecule has 82 valence electrons. The largest absolute Gasteiger partial charge is 0.504 e. The first kappa shape index (κ1) is 9.95. The van der Waals surface area contributed by atoms with E-state index in [1.54, 1.807) is 0 Å². The van der Waals surface area contributed by atoms with Gasteiger partial charge in [0.15, 0.2) is 11.5 Å². The van der Waals surface area contributed by atoms with Crippen LogP contribution in [0.25, 0.3) is 0 Å². The SMILES string of the molecule is [2H][C@](O)(c1ccc(O)c(O)c1)[C@H](N)C(C)=O. The lowest BCUT2D eigenvalue weighted by atomic mass is 10.00. The number of aliphatic hydroxyl groups is 1. The number of phenols is 2. The molecule has 15 heavy (non-hydrogen) atoms. The minimum absolute atomic E-state index is 0.0644. The second kappa shape index (κ2) is 4.29. The third kappa shape index (κ3) is 2.45. The fourth-order valence-corrected chi connectivity index (χ4v) is 1.05. The Morgan fingerprint density at radius 2 is 2.07 bits per heavy atom. The average Bonchev–Trinajstić information content (AvgIpc) is 2.20. The molecule has 1 rings (SSSR count). The number of rotatable bonds is 3. The van der Waals surface area contributed by atoms with E-state index >= 15 is 0 Å². The molecule has 0 unspecified atom stereocenters. The molecule has 1 aromatic carbocycles. The minimum atomic E-state index is -2.34. The van der Waals surface area contributed by atoms with Gasteiger partial charge in [-0.15, -0.1) is 0 Å². The van der Waals surface area contributed by atoms with Crippen molar-refractivity contribution in [1.82, 2.24) is 0 Å². The highest BCUT2D eigenvalue weighted by atomic mass is 16.3. The number of aromatic hydroxyl groups is 2. The number of Topliss-reactive ketones (excluding diaryl/α,β-unsaturated/α-hetero) is 1. The third-order valence-corrected chi connectivity index (χ3v) is 2.00. The predicted molar refractivity (Wildman–Crippen MR) is 53.4 cm³/mol. The predicted octanol–water partition coefficient (Wildman–Crippen LogP) is 0.0475. The molecule has 0 bridgehead atoms. The van der Waals surface area contributed by atoms with Crippen molar-refractivity contribution in [3.05, 3.63) is 23.8 Å². The summed E-state index contributed by atoms with van der Waals surface area (Å²) in [6, 6.07) is 1.89. The molecular weight excluding hydrogens is 198 g/mol. The van der Waals surface area contributed by atoms with Gasteiger partial charge < -0.3 is 21.1 Å². The maximum atomic E-state index is 11.0. The molecule has 0 heterocycles. The molecule has 0 amide bonds. The highest BCUT2D eigenvalue weighted by molar-refractivity contribution is 5.82. The first-order valence-corrected chi connectivity index (χ1v) is 4.27. The van der Waals surface area contributed by atoms with Crippen LogP contribution in [0.1, 0.15) is 19.9 Å². The summed E-state index contributed by atoms with van der Waals surface area (Å²) in [5.74, 6) is -1.42. The number of benzene rings is 1. The van der Waals surface area contributed by atoms with Gasteiger partial charge in [-0.1, -0.05) is 6.07 Å². The normalized spacial score (nSPS) is 17.7. The highest BCUT2D eigenvalue weighted by Crippen LogP contribution is 2.28. The first-order valence-electron chi connectivity index (χ1n) is 4.77. The summed E-state index contributed by atoms with van der Waals surface area (Å²) < 4.78 is 7.59. The molecule has 0 radical (unpaired) electrons. The molecule has 0 aliphatic carbocycles. The van der Waals surface area contributed by atoms with Crippen molar-refractivity contribution in [2.75, 3.05) is 0 Å². The molecule has 0 aromatic heterocycles. The number of nitrogens with two attached hydrogens (primary N) is 1. The van der Waals surface area contributed by atoms with E-state index in [0.717, 1.165) is 19.1 Å². The Morgan fingerprint density at radius 1 is 1.47 bits per heavy atom. The van der Waals surface area contributed by atoms with Crippen molar-refractivity contribution in [1.29, 1.82) is 0 Å². The summed E-state index contributed by atoms with van der Waals surface area (Å²) in [5.41, 5.74) is 5.32. The van der Waals surface area contributed by atoms with Gasteiger partial charge in [-0.05, 0) is 24.6 Å². The van der Waals surface area contributed by atoms with Crippen LogP contribution in [0.3, 0.4) is 0 Å². The van der Waals surface area contributed by atoms with Gasteiger partial charge in [-0.25, -0.2) is 0 Å². The van der Waals surface area contributed by atoms with E-state index < -0.39 is 23.7 Å². The van der Waals surface area contributed by atoms with Gasteiger partial charge in [0.25, 0.3) is 0 Å². The maximum absolute atomic E-state index is 11.0. The van der Waals surface area contributed by atoms with Crippen LogP contribution in [0.4, 0.5) is 0 Å². The summed E-state index contributed by atoms with van der Waals surface area (Å²) in [6.45, 7) is 1.16. The molecule has 0 spiro atoms. The number of hydrogen-bond donors (Lipinski definition) is 4. The molecule has 0 fully saturated rings. The molecule has 5 heteroatoms. The zero-order valence-corrected chi connectivity index (χ0v) is 8.14. The Kier molecular flexibility index (Phi) is 2.84. The van der Waals surface area contributed by atoms with Crippen LogP contribution < -0.4 is 5.73 Å². The molecule has 1 aromatic rings. The quantitative estimate of drug-likeness (QED) is 0.530. The zero-order valence-electron chi connectivity index (χ0n) is 9.14. The lowest BCUT2D eigenvalue weighted by Crippen LogP contribution is -2.35. The Hall–Kier alpha value is -1.59. The van der Waals surface area contributed by atoms with Crippen LogP contribution in [0.15, 0.2) is 18.2 Å². The number of phenolic OH excluding ortho intramolecular Hbond substituents is 2. The first-order chi connectivity index (χ1) is 7.26. The summed E-state index contributed by atoms with van der Waals surface area (Å²) in [4.78, 5) is 11.0. The smallest absolute Gasteiger partial charge is 0.157 e. The lowest BCUT2D eigenvalue weighted by Gasteiger charge is -2.16. The summed E-state index contributed by atoms with van der Waals surface area (Å²) in [5, 5.41) is 28.0. The number of carbonyl (C=O) groups excluding carboxylic acids is 1. The van der Waals surface area contributed by atoms with E-state index in [2.05, 4.69) is 0 Å². The van der Waals surface area contributed by atoms with Crippen LogP contribution in [0, 0.1) is 0 Å². The Balaban J connectivity index is 3.16. The Bertz CT molecular complexity index is 419. The second-order valence-corrected chi connectivity index (χ2v) is 3.18. The summed E-state index contributed by atoms with van der Waals surface area (Å²) in [7, 11) is 0. The molecule has 0 saturated carbocycles. The fourth-order valence-electron chi connectivity index (χ4n) is 1.05. The Labute approximate surface area is 88.2 Å². The number of ketones is 1. The van der Waals surface area contributed by atoms with Crippen LogP contribution in [-0.4, -0.2) is 27.1 Å². The van der Waals surface area contributed by atoms with Crippen LogP contribution >= 0.6 is 0 Å². The molecule has 0 aliphatic rings. The van der Waals surface area contributed by atoms with Crippen LogP contribution in [0.5, 0.6) is 11.5 Å². The van der Waals surface area contributed by atoms with Crippen LogP contribution in [0.2, 0.25) is 0 Å². The van der Waals surface area contributed by atoms with Gasteiger partial charge >= 0.3 is 0 Å². The van der Waals surface area contributed by atoms with Gasteiger partial charge in [0, 0.05) is 0 Å². The van der Waals surface area contributed by atoms with Crippen molar-refractivity contribution in [2.45, 2.75) is 19.0 Å². The van der Waals surface area contributed by atoms with Gasteiger partial charge in [0.2, 0.25) is 0 Å². The monoisotopic (exact) mass is 212 g/mol. The van der Waals surface area contributed by atoms with Gasteiger partial charge in [-0.2, -0.15) is 0 Å². The Morgan fingerprint density at radius 3 is 2.53 bits per heavy atom. The zero-order chi connectivity index (χ0) is 12.5. The second-order valence-electron chi connectivity index (χ2n) is 3.18. The van der Waals surface area contributed by atoms with Crippen molar-refractivity contribution in [3.8, 4) is 11.5 Å². The van der Waals surface area contributed by atoms with E-state index in [1.807, 2.05) is 0 Å². The average molecular weight is 212 g/mol. The topological polar surface area (TPSA) is 104 Å². The summed E-state index contributed by atoms with van der Waals surface area (Å²) >= 11 is 0. The van der Waals surface area contributed by atoms with E-state index in [1.165, 1.54) is 6.07 Å². The van der Waals surface area contributed by atoms with E-state index in [9.17, 15) is 15.0 Å².